The first-order valence-electron chi connectivity index (χ1n) is 3.80. The highest BCUT2D eigenvalue weighted by Gasteiger charge is 2.04. The summed E-state index contributed by atoms with van der Waals surface area (Å²) in [6.45, 7) is 5.80. The fourth-order valence-corrected chi connectivity index (χ4v) is 1.43. The minimum absolute atomic E-state index is 0.229. The second kappa shape index (κ2) is 4.61. The molecule has 0 aliphatic heterocycles. The molecule has 0 atom stereocenters. The number of thiazole rings is 1. The number of anilines is 1. The van der Waals surface area contributed by atoms with Crippen LogP contribution in [0.15, 0.2) is 18.2 Å². The fraction of sp³-hybridized carbons (Fsp3) is 0.250. The normalized spacial score (nSPS) is 9.31. The zero-order valence-electron chi connectivity index (χ0n) is 7.33. The van der Waals surface area contributed by atoms with Crippen molar-refractivity contribution >= 4 is 22.4 Å². The van der Waals surface area contributed by atoms with Gasteiger partial charge in [-0.1, -0.05) is 6.08 Å². The molecule has 0 saturated carbocycles. The number of carbonyl (C=O) groups excluding carboxylic acids is 1. The standard InChI is InChI=1S/C8H11N3OS/c1-3-4-9-8(12)11-7-6(2)10-5-13-7/h3,5H,1,4H2,2H3,(H2,9,11,12). The van der Waals surface area contributed by atoms with Crippen molar-refractivity contribution in [1.82, 2.24) is 10.3 Å². The lowest BCUT2D eigenvalue weighted by Gasteiger charge is -2.03. The Balaban J connectivity index is 2.45. The van der Waals surface area contributed by atoms with Gasteiger partial charge < -0.3 is 5.32 Å². The van der Waals surface area contributed by atoms with Crippen molar-refractivity contribution in [3.63, 3.8) is 0 Å². The number of urea groups is 1. The topological polar surface area (TPSA) is 54.0 Å². The predicted molar refractivity (Wildman–Crippen MR) is 54.1 cm³/mol. The van der Waals surface area contributed by atoms with Gasteiger partial charge in [-0.2, -0.15) is 0 Å². The lowest BCUT2D eigenvalue weighted by molar-refractivity contribution is 0.253. The van der Waals surface area contributed by atoms with Crippen LogP contribution in [0.25, 0.3) is 0 Å². The zero-order valence-corrected chi connectivity index (χ0v) is 8.15. The van der Waals surface area contributed by atoms with Gasteiger partial charge in [-0.25, -0.2) is 9.78 Å². The first kappa shape index (κ1) is 9.73. The maximum absolute atomic E-state index is 11.1. The average Bonchev–Trinajstić information content (AvgIpc) is 2.48. The molecule has 1 aromatic rings. The van der Waals surface area contributed by atoms with Crippen LogP contribution in [-0.2, 0) is 0 Å². The Hall–Kier alpha value is -1.36. The van der Waals surface area contributed by atoms with Crippen LogP contribution in [-0.4, -0.2) is 17.6 Å². The molecule has 13 heavy (non-hydrogen) atoms. The molecule has 0 fully saturated rings. The molecule has 1 rings (SSSR count). The number of amides is 2. The van der Waals surface area contributed by atoms with E-state index in [2.05, 4.69) is 22.2 Å². The molecule has 1 aromatic heterocycles. The minimum Gasteiger partial charge on any atom is -0.334 e. The van der Waals surface area contributed by atoms with Crippen LogP contribution in [0.4, 0.5) is 9.80 Å². The van der Waals surface area contributed by atoms with Crippen molar-refractivity contribution in [2.45, 2.75) is 6.92 Å². The number of carbonyl (C=O) groups is 1. The molecule has 1 heterocycles. The summed E-state index contributed by atoms with van der Waals surface area (Å²) in [4.78, 5) is 15.1. The van der Waals surface area contributed by atoms with Gasteiger partial charge in [0.2, 0.25) is 0 Å². The Kier molecular flexibility index (Phi) is 3.45. The Morgan fingerprint density at radius 1 is 1.85 bits per heavy atom. The van der Waals surface area contributed by atoms with Crippen molar-refractivity contribution in [1.29, 1.82) is 0 Å². The van der Waals surface area contributed by atoms with Crippen LogP contribution in [0.2, 0.25) is 0 Å². The summed E-state index contributed by atoms with van der Waals surface area (Å²) in [5, 5.41) is 6.07. The number of nitrogens with one attached hydrogen (secondary N) is 2. The van der Waals surface area contributed by atoms with Crippen LogP contribution in [0, 0.1) is 6.92 Å². The van der Waals surface area contributed by atoms with E-state index < -0.39 is 0 Å². The zero-order chi connectivity index (χ0) is 9.68. The third-order valence-corrected chi connectivity index (χ3v) is 2.22. The maximum Gasteiger partial charge on any atom is 0.320 e. The molecule has 70 valence electrons. The molecule has 0 radical (unpaired) electrons. The molecular formula is C8H11N3OS. The summed E-state index contributed by atoms with van der Waals surface area (Å²) in [6, 6.07) is -0.229. The highest BCUT2D eigenvalue weighted by molar-refractivity contribution is 7.14. The van der Waals surface area contributed by atoms with Crippen LogP contribution in [0.1, 0.15) is 5.69 Å². The van der Waals surface area contributed by atoms with E-state index in [9.17, 15) is 4.79 Å². The predicted octanol–water partition coefficient (Wildman–Crippen LogP) is 1.76. The average molecular weight is 197 g/mol. The van der Waals surface area contributed by atoms with E-state index in [1.807, 2.05) is 6.92 Å². The van der Waals surface area contributed by atoms with Crippen LogP contribution in [0.5, 0.6) is 0 Å². The number of aryl methyl sites for hydroxylation is 1. The van der Waals surface area contributed by atoms with Gasteiger partial charge in [0.05, 0.1) is 11.2 Å². The summed E-state index contributed by atoms with van der Waals surface area (Å²) >= 11 is 1.40. The van der Waals surface area contributed by atoms with Gasteiger partial charge in [-0.3, -0.25) is 5.32 Å². The first-order chi connectivity index (χ1) is 6.24. The molecule has 5 heteroatoms. The molecule has 0 bridgehead atoms. The number of hydrogen-bond donors (Lipinski definition) is 2. The molecule has 0 saturated heterocycles. The molecule has 0 unspecified atom stereocenters. The molecule has 0 aromatic carbocycles. The maximum atomic E-state index is 11.1. The monoisotopic (exact) mass is 197 g/mol. The Labute approximate surface area is 80.7 Å². The lowest BCUT2D eigenvalue weighted by atomic mass is 10.5. The molecule has 0 aliphatic carbocycles. The van der Waals surface area contributed by atoms with E-state index in [1.54, 1.807) is 11.6 Å². The number of hydrogen-bond acceptors (Lipinski definition) is 3. The second-order valence-corrected chi connectivity index (χ2v) is 3.25. The van der Waals surface area contributed by atoms with Gasteiger partial charge in [0.15, 0.2) is 0 Å². The van der Waals surface area contributed by atoms with Crippen molar-refractivity contribution in [2.75, 3.05) is 11.9 Å². The number of nitrogens with zero attached hydrogens (tertiary/aromatic N) is 1. The number of rotatable bonds is 3. The third-order valence-electron chi connectivity index (χ3n) is 1.38. The minimum atomic E-state index is -0.229. The summed E-state index contributed by atoms with van der Waals surface area (Å²) in [5.74, 6) is 0. The molecule has 0 aliphatic rings. The molecule has 2 N–H and O–H groups in total. The smallest absolute Gasteiger partial charge is 0.320 e. The largest absolute Gasteiger partial charge is 0.334 e. The van der Waals surface area contributed by atoms with Crippen LogP contribution < -0.4 is 10.6 Å². The lowest BCUT2D eigenvalue weighted by Crippen LogP contribution is -2.28. The summed E-state index contributed by atoms with van der Waals surface area (Å²) < 4.78 is 0. The van der Waals surface area contributed by atoms with Gasteiger partial charge in [-0.05, 0) is 6.92 Å². The summed E-state index contributed by atoms with van der Waals surface area (Å²) in [7, 11) is 0. The highest BCUT2D eigenvalue weighted by atomic mass is 32.1. The van der Waals surface area contributed by atoms with Crippen molar-refractivity contribution < 1.29 is 4.79 Å². The van der Waals surface area contributed by atoms with E-state index in [0.717, 1.165) is 10.7 Å². The SMILES string of the molecule is C=CCNC(=O)Nc1scnc1C. The number of aromatic nitrogens is 1. The Bertz CT molecular complexity index is 308. The van der Waals surface area contributed by atoms with E-state index in [-0.39, 0.29) is 6.03 Å². The Morgan fingerprint density at radius 2 is 2.62 bits per heavy atom. The fourth-order valence-electron chi connectivity index (χ4n) is 0.734. The molecule has 0 spiro atoms. The molecule has 4 nitrogen and oxygen atoms in total. The van der Waals surface area contributed by atoms with Gasteiger partial charge >= 0.3 is 6.03 Å². The second-order valence-electron chi connectivity index (χ2n) is 2.39. The molecule has 2 amide bonds. The van der Waals surface area contributed by atoms with Crippen molar-refractivity contribution in [3.05, 3.63) is 23.9 Å². The van der Waals surface area contributed by atoms with E-state index in [0.29, 0.717) is 6.54 Å². The van der Waals surface area contributed by atoms with Crippen molar-refractivity contribution in [3.8, 4) is 0 Å². The highest BCUT2D eigenvalue weighted by Crippen LogP contribution is 2.18. The third kappa shape index (κ3) is 2.87. The van der Waals surface area contributed by atoms with Gasteiger partial charge in [-0.15, -0.1) is 17.9 Å². The van der Waals surface area contributed by atoms with E-state index >= 15 is 0 Å². The van der Waals surface area contributed by atoms with Gasteiger partial charge in [0, 0.05) is 6.54 Å². The van der Waals surface area contributed by atoms with Crippen molar-refractivity contribution in [2.24, 2.45) is 0 Å². The van der Waals surface area contributed by atoms with E-state index in [4.69, 9.17) is 0 Å². The van der Waals surface area contributed by atoms with Crippen LogP contribution in [0.3, 0.4) is 0 Å². The Morgan fingerprint density at radius 3 is 3.15 bits per heavy atom. The molecular weight excluding hydrogens is 186 g/mol. The van der Waals surface area contributed by atoms with Gasteiger partial charge in [0.1, 0.15) is 5.00 Å². The van der Waals surface area contributed by atoms with Crippen LogP contribution >= 0.6 is 11.3 Å². The summed E-state index contributed by atoms with van der Waals surface area (Å²) in [5.41, 5.74) is 2.53. The van der Waals surface area contributed by atoms with E-state index in [1.165, 1.54) is 11.3 Å². The quantitative estimate of drug-likeness (QED) is 0.725. The van der Waals surface area contributed by atoms with Gasteiger partial charge in [0.25, 0.3) is 0 Å². The summed E-state index contributed by atoms with van der Waals surface area (Å²) in [6.07, 6.45) is 1.62. The first-order valence-corrected chi connectivity index (χ1v) is 4.68.